The minimum absolute atomic E-state index is 0.685. The molecule has 4 rings (SSSR count). The average Bonchev–Trinajstić information content (AvgIpc) is 3.19. The number of aryl methyl sites for hydroxylation is 1. The maximum absolute atomic E-state index is 6.25. The summed E-state index contributed by atoms with van der Waals surface area (Å²) < 4.78 is 7.68. The van der Waals surface area contributed by atoms with Crippen LogP contribution in [0, 0.1) is 0 Å². The van der Waals surface area contributed by atoms with Gasteiger partial charge in [-0.15, -0.1) is 11.8 Å². The number of allylic oxidation sites excluding steroid dienone is 1. The molecule has 0 bridgehead atoms. The minimum Gasteiger partial charge on any atom is -0.401 e. The first-order chi connectivity index (χ1) is 15.5. The van der Waals surface area contributed by atoms with E-state index < -0.39 is 0 Å². The number of pyridine rings is 1. The van der Waals surface area contributed by atoms with Gasteiger partial charge in [0.15, 0.2) is 0 Å². The molecule has 0 fully saturated rings. The van der Waals surface area contributed by atoms with E-state index in [2.05, 4.69) is 47.7 Å². The smallest absolute Gasteiger partial charge is 0.138 e. The number of nitrogens with zero attached hydrogens (tertiary/aromatic N) is 3. The minimum atomic E-state index is 0.685. The molecule has 0 atom stereocenters. The molecule has 3 heterocycles. The summed E-state index contributed by atoms with van der Waals surface area (Å²) in [6.07, 6.45) is 6.92. The van der Waals surface area contributed by atoms with E-state index in [1.54, 1.807) is 11.8 Å². The predicted molar refractivity (Wildman–Crippen MR) is 136 cm³/mol. The summed E-state index contributed by atoms with van der Waals surface area (Å²) in [6.45, 7) is 3.62. The third-order valence-corrected chi connectivity index (χ3v) is 6.78. The van der Waals surface area contributed by atoms with Gasteiger partial charge >= 0.3 is 0 Å². The van der Waals surface area contributed by atoms with Crippen LogP contribution in [0.3, 0.4) is 0 Å². The van der Waals surface area contributed by atoms with Crippen molar-refractivity contribution in [1.82, 2.24) is 9.38 Å². The van der Waals surface area contributed by atoms with Gasteiger partial charge in [-0.3, -0.25) is 4.40 Å². The Labute approximate surface area is 198 Å². The second-order valence-corrected chi connectivity index (χ2v) is 9.19. The van der Waals surface area contributed by atoms with Crippen molar-refractivity contribution >= 4 is 40.4 Å². The summed E-state index contributed by atoms with van der Waals surface area (Å²) in [4.78, 5) is 7.11. The molecule has 2 N–H and O–H groups in total. The maximum Gasteiger partial charge on any atom is 0.138 e. The molecule has 5 nitrogen and oxygen atoms in total. The Morgan fingerprint density at radius 1 is 1.28 bits per heavy atom. The summed E-state index contributed by atoms with van der Waals surface area (Å²) in [7, 11) is 2.11. The third kappa shape index (κ3) is 5.31. The Kier molecular flexibility index (Phi) is 7.45. The topological polar surface area (TPSA) is 55.8 Å². The largest absolute Gasteiger partial charge is 0.401 e. The van der Waals surface area contributed by atoms with Crippen LogP contribution in [-0.2, 0) is 17.6 Å². The summed E-state index contributed by atoms with van der Waals surface area (Å²) in [5.74, 6) is 1.91. The van der Waals surface area contributed by atoms with Gasteiger partial charge in [0.2, 0.25) is 0 Å². The molecule has 0 spiro atoms. The van der Waals surface area contributed by atoms with Gasteiger partial charge in [0.1, 0.15) is 11.5 Å². The van der Waals surface area contributed by atoms with Gasteiger partial charge in [-0.2, -0.15) is 0 Å². The number of anilines is 1. The molecule has 0 amide bonds. The lowest BCUT2D eigenvalue weighted by Crippen LogP contribution is -2.19. The van der Waals surface area contributed by atoms with Crippen molar-refractivity contribution in [2.75, 3.05) is 31.0 Å². The van der Waals surface area contributed by atoms with Crippen molar-refractivity contribution in [3.8, 4) is 0 Å². The molecule has 0 radical (unpaired) electrons. The zero-order valence-corrected chi connectivity index (χ0v) is 20.1. The molecule has 0 unspecified atom stereocenters. The molecule has 1 aliphatic rings. The van der Waals surface area contributed by atoms with Gasteiger partial charge in [-0.25, -0.2) is 4.98 Å². The molecule has 7 heteroatoms. The molecule has 3 aromatic rings. The Hall–Kier alpha value is -2.41. The van der Waals surface area contributed by atoms with Crippen molar-refractivity contribution in [1.29, 1.82) is 0 Å². The van der Waals surface area contributed by atoms with Crippen LogP contribution >= 0.6 is 23.4 Å². The quantitative estimate of drug-likeness (QED) is 0.441. The summed E-state index contributed by atoms with van der Waals surface area (Å²) in [5.41, 5.74) is 12.9. The second kappa shape index (κ2) is 10.5. The van der Waals surface area contributed by atoms with Crippen molar-refractivity contribution in [2.24, 2.45) is 5.73 Å². The molecule has 1 aromatic carbocycles. The highest BCUT2D eigenvalue weighted by atomic mass is 35.5. The number of hydrogen-bond donors (Lipinski definition) is 1. The summed E-state index contributed by atoms with van der Waals surface area (Å²) in [5, 5.41) is 2.78. The van der Waals surface area contributed by atoms with Crippen LogP contribution in [0.5, 0.6) is 0 Å². The van der Waals surface area contributed by atoms with Crippen LogP contribution in [0.4, 0.5) is 5.82 Å². The van der Waals surface area contributed by atoms with Crippen LogP contribution in [0.2, 0.25) is 5.02 Å². The van der Waals surface area contributed by atoms with E-state index in [1.807, 2.05) is 29.7 Å². The van der Waals surface area contributed by atoms with Crippen molar-refractivity contribution in [2.45, 2.75) is 26.2 Å². The van der Waals surface area contributed by atoms with E-state index in [0.29, 0.717) is 13.0 Å². The molecular weight excluding hydrogens is 440 g/mol. The fourth-order valence-electron chi connectivity index (χ4n) is 3.90. The lowest BCUT2D eigenvalue weighted by Gasteiger charge is -2.20. The molecule has 0 saturated heterocycles. The zero-order chi connectivity index (χ0) is 22.5. The number of ether oxygens (including phenoxy) is 1. The number of hydrogen-bond acceptors (Lipinski definition) is 5. The van der Waals surface area contributed by atoms with Gasteiger partial charge < -0.3 is 15.4 Å². The van der Waals surface area contributed by atoms with Gasteiger partial charge in [0.05, 0.1) is 24.8 Å². The number of imidazole rings is 1. The molecule has 2 aromatic heterocycles. The van der Waals surface area contributed by atoms with E-state index in [1.165, 1.54) is 11.1 Å². The second-order valence-electron chi connectivity index (χ2n) is 7.93. The zero-order valence-electron chi connectivity index (χ0n) is 18.6. The van der Waals surface area contributed by atoms with E-state index in [4.69, 9.17) is 27.1 Å². The Morgan fingerprint density at radius 2 is 2.09 bits per heavy atom. The first-order valence-electron chi connectivity index (χ1n) is 10.8. The Morgan fingerprint density at radius 3 is 2.81 bits per heavy atom. The molecule has 168 valence electrons. The Balaban J connectivity index is 1.49. The van der Waals surface area contributed by atoms with E-state index in [0.717, 1.165) is 58.8 Å². The van der Waals surface area contributed by atoms with Crippen molar-refractivity contribution < 1.29 is 4.74 Å². The number of nitrogens with two attached hydrogens (primary N) is 1. The van der Waals surface area contributed by atoms with Gasteiger partial charge in [-0.1, -0.05) is 36.7 Å². The summed E-state index contributed by atoms with van der Waals surface area (Å²) >= 11 is 7.66. The highest BCUT2D eigenvalue weighted by Gasteiger charge is 2.16. The van der Waals surface area contributed by atoms with E-state index in [-0.39, 0.29) is 0 Å². The number of fused-ring (bicyclic) bond motifs is 1. The summed E-state index contributed by atoms with van der Waals surface area (Å²) in [6, 6.07) is 12.1. The number of rotatable bonds is 8. The standard InChI is InChI=1S/C25H29ClN4OS/c1-3-23-25(29(2)17-32-16-22(27)14-18-4-7-21(26)8-5-18)30-15-20(6-9-24(30)28-23)19-10-12-31-13-11-19/h4-10,15-16H,3,11-14,17,27H2,1-2H3/b22-16-. The first kappa shape index (κ1) is 22.8. The lowest BCUT2D eigenvalue weighted by atomic mass is 10.0. The van der Waals surface area contributed by atoms with E-state index in [9.17, 15) is 0 Å². The third-order valence-electron chi connectivity index (χ3n) is 5.52. The Bertz CT molecular complexity index is 1140. The number of halogens is 1. The number of thioether (sulfide) groups is 1. The fraction of sp³-hybridized carbons (Fsp3) is 0.320. The van der Waals surface area contributed by atoms with Crippen molar-refractivity contribution in [3.05, 3.63) is 81.6 Å². The fourth-order valence-corrected chi connectivity index (χ4v) is 4.74. The molecule has 1 aliphatic heterocycles. The van der Waals surface area contributed by atoms with Crippen LogP contribution in [-0.4, -0.2) is 35.5 Å². The highest BCUT2D eigenvalue weighted by Crippen LogP contribution is 2.28. The predicted octanol–water partition coefficient (Wildman–Crippen LogP) is 5.52. The normalized spacial score (nSPS) is 14.6. The number of aromatic nitrogens is 2. The monoisotopic (exact) mass is 468 g/mol. The average molecular weight is 469 g/mol. The van der Waals surface area contributed by atoms with Crippen LogP contribution in [0.25, 0.3) is 11.2 Å². The molecule has 0 aliphatic carbocycles. The maximum atomic E-state index is 6.25. The number of benzene rings is 1. The molecule has 0 saturated carbocycles. The van der Waals surface area contributed by atoms with Crippen LogP contribution in [0.15, 0.2) is 59.8 Å². The molecule has 32 heavy (non-hydrogen) atoms. The lowest BCUT2D eigenvalue weighted by molar-refractivity contribution is 0.161. The van der Waals surface area contributed by atoms with Gasteiger partial charge in [-0.05, 0) is 59.2 Å². The highest BCUT2D eigenvalue weighted by molar-refractivity contribution is 8.02. The molecular formula is C25H29ClN4OS. The van der Waals surface area contributed by atoms with Crippen LogP contribution in [0.1, 0.15) is 30.2 Å². The van der Waals surface area contributed by atoms with Crippen LogP contribution < -0.4 is 10.6 Å². The SMILES string of the molecule is CCc1nc2ccc(C3=CCOCC3)cn2c1N(C)CS/C=C(\N)Cc1ccc(Cl)cc1. The van der Waals surface area contributed by atoms with Gasteiger partial charge in [0.25, 0.3) is 0 Å². The first-order valence-corrected chi connectivity index (χ1v) is 12.3. The van der Waals surface area contributed by atoms with E-state index >= 15 is 0 Å². The van der Waals surface area contributed by atoms with Gasteiger partial charge in [0, 0.05) is 30.4 Å². The van der Waals surface area contributed by atoms with Crippen molar-refractivity contribution in [3.63, 3.8) is 0 Å².